The van der Waals surface area contributed by atoms with Crippen LogP contribution in [-0.2, 0) is 17.6 Å². The Balaban J connectivity index is 1.61. The number of nitrogen functional groups attached to an aromatic ring is 1. The zero-order valence-electron chi connectivity index (χ0n) is 23.2. The van der Waals surface area contributed by atoms with Gasteiger partial charge in [-0.15, -0.1) is 0 Å². The summed E-state index contributed by atoms with van der Waals surface area (Å²) in [7, 11) is 0. The van der Waals surface area contributed by atoms with E-state index in [0.717, 1.165) is 39.9 Å². The first-order valence-electron chi connectivity index (χ1n) is 13.9. The molecule has 0 aliphatic carbocycles. The van der Waals surface area contributed by atoms with E-state index in [1.165, 1.54) is 12.2 Å². The Labute approximate surface area is 235 Å². The van der Waals surface area contributed by atoms with Crippen LogP contribution in [0, 0.1) is 12.3 Å². The number of para-hydroxylation sites is 1. The van der Waals surface area contributed by atoms with Gasteiger partial charge in [-0.2, -0.15) is 13.2 Å². The van der Waals surface area contributed by atoms with Gasteiger partial charge in [0, 0.05) is 29.0 Å². The number of hydrogen-bond donors (Lipinski definition) is 1. The minimum Gasteiger partial charge on any atom is -0.399 e. The van der Waals surface area contributed by atoms with Crippen LogP contribution in [0.3, 0.4) is 0 Å². The molecule has 0 saturated carbocycles. The van der Waals surface area contributed by atoms with E-state index in [1.54, 1.807) is 0 Å². The standard InChI is InChI=1S/C34H37F3N2O/c1-3-33(24-40,20-19-27-8-4-5-10-31(27)38)23-26-13-17-30(18-14-26)39-21-7-6-9-29(34(35,36)37)22-32(39)28-15-11-25(2)12-16-28/h4-5,8-18,22,24H,3,6-7,19-21,23,38H2,1-2H3. The van der Waals surface area contributed by atoms with Crippen molar-refractivity contribution >= 4 is 23.4 Å². The Morgan fingerprint density at radius 3 is 2.30 bits per heavy atom. The number of anilines is 2. The van der Waals surface area contributed by atoms with Crippen LogP contribution in [0.15, 0.2) is 90.5 Å². The summed E-state index contributed by atoms with van der Waals surface area (Å²) in [6.45, 7) is 4.58. The molecule has 6 heteroatoms. The first kappa shape index (κ1) is 29.2. The molecule has 3 aromatic carbocycles. The predicted octanol–water partition coefficient (Wildman–Crippen LogP) is 8.48. The monoisotopic (exact) mass is 546 g/mol. The molecule has 0 aromatic heterocycles. The number of hydrogen-bond acceptors (Lipinski definition) is 3. The number of aldehydes is 1. The Morgan fingerprint density at radius 2 is 1.68 bits per heavy atom. The van der Waals surface area contributed by atoms with Crippen LogP contribution < -0.4 is 10.6 Å². The Bertz CT molecular complexity index is 1360. The minimum absolute atomic E-state index is 0.353. The number of carbonyl (C=O) groups is 1. The number of nitrogens with two attached hydrogens (primary N) is 1. The lowest BCUT2D eigenvalue weighted by molar-refractivity contribution is -0.116. The number of allylic oxidation sites excluding steroid dienone is 3. The maximum Gasteiger partial charge on any atom is 0.416 e. The van der Waals surface area contributed by atoms with Crippen LogP contribution in [0.5, 0.6) is 0 Å². The molecule has 1 aliphatic heterocycles. The highest BCUT2D eigenvalue weighted by atomic mass is 19.4. The van der Waals surface area contributed by atoms with Crippen LogP contribution in [0.4, 0.5) is 24.5 Å². The first-order chi connectivity index (χ1) is 19.1. The van der Waals surface area contributed by atoms with Gasteiger partial charge in [0.1, 0.15) is 6.29 Å². The summed E-state index contributed by atoms with van der Waals surface area (Å²) in [5.74, 6) is 0. The van der Waals surface area contributed by atoms with E-state index in [9.17, 15) is 18.0 Å². The third-order valence-corrected chi connectivity index (χ3v) is 7.91. The number of halogens is 3. The number of rotatable bonds is 9. The molecule has 0 radical (unpaired) electrons. The maximum absolute atomic E-state index is 13.8. The number of benzene rings is 3. The number of carbonyl (C=O) groups excluding carboxylic acids is 1. The van der Waals surface area contributed by atoms with Crippen LogP contribution in [-0.4, -0.2) is 19.0 Å². The van der Waals surface area contributed by atoms with Crippen molar-refractivity contribution in [2.45, 2.75) is 58.5 Å². The summed E-state index contributed by atoms with van der Waals surface area (Å²) >= 11 is 0. The molecule has 210 valence electrons. The second-order valence-electron chi connectivity index (χ2n) is 10.7. The second-order valence-corrected chi connectivity index (χ2v) is 10.7. The fraction of sp³-hybridized carbons (Fsp3) is 0.324. The van der Waals surface area contributed by atoms with E-state index in [1.807, 2.05) is 91.5 Å². The molecule has 2 N–H and O–H groups in total. The summed E-state index contributed by atoms with van der Waals surface area (Å²) < 4.78 is 41.5. The van der Waals surface area contributed by atoms with Gasteiger partial charge in [0.05, 0.1) is 5.57 Å². The average molecular weight is 547 g/mol. The Morgan fingerprint density at radius 1 is 0.975 bits per heavy atom. The van der Waals surface area contributed by atoms with Gasteiger partial charge >= 0.3 is 6.18 Å². The van der Waals surface area contributed by atoms with E-state index in [-0.39, 0.29) is 0 Å². The lowest BCUT2D eigenvalue weighted by Crippen LogP contribution is -2.26. The highest BCUT2D eigenvalue weighted by Gasteiger charge is 2.34. The third-order valence-electron chi connectivity index (χ3n) is 7.91. The Hall–Kier alpha value is -3.80. The van der Waals surface area contributed by atoms with E-state index in [4.69, 9.17) is 5.73 Å². The predicted molar refractivity (Wildman–Crippen MR) is 158 cm³/mol. The van der Waals surface area contributed by atoms with Crippen molar-refractivity contribution in [2.75, 3.05) is 17.2 Å². The first-order valence-corrected chi connectivity index (χ1v) is 13.9. The van der Waals surface area contributed by atoms with E-state index >= 15 is 0 Å². The molecule has 1 heterocycles. The van der Waals surface area contributed by atoms with Crippen molar-refractivity contribution in [2.24, 2.45) is 5.41 Å². The molecule has 0 amide bonds. The quantitative estimate of drug-likeness (QED) is 0.216. The third kappa shape index (κ3) is 7.04. The van der Waals surface area contributed by atoms with Crippen LogP contribution in [0.25, 0.3) is 5.70 Å². The SMILES string of the molecule is CCC(C=O)(CCc1ccccc1N)Cc1ccc(N2CCCC=C(C(F)(F)F)C=C2c2ccc(C)cc2)cc1. The van der Waals surface area contributed by atoms with Crippen molar-refractivity contribution in [1.82, 2.24) is 0 Å². The minimum atomic E-state index is -4.43. The van der Waals surface area contributed by atoms with Crippen molar-refractivity contribution in [3.63, 3.8) is 0 Å². The van der Waals surface area contributed by atoms with Gasteiger partial charge in [-0.3, -0.25) is 0 Å². The van der Waals surface area contributed by atoms with Crippen molar-refractivity contribution in [1.29, 1.82) is 0 Å². The molecule has 0 bridgehead atoms. The maximum atomic E-state index is 13.8. The normalized spacial score (nSPS) is 15.9. The van der Waals surface area contributed by atoms with Gasteiger partial charge in [-0.05, 0) is 86.4 Å². The zero-order chi connectivity index (χ0) is 28.8. The van der Waals surface area contributed by atoms with E-state index in [0.29, 0.717) is 50.8 Å². The molecule has 0 spiro atoms. The molecule has 0 fully saturated rings. The lowest BCUT2D eigenvalue weighted by Gasteiger charge is -2.31. The zero-order valence-corrected chi connectivity index (χ0v) is 23.2. The lowest BCUT2D eigenvalue weighted by atomic mass is 9.76. The van der Waals surface area contributed by atoms with E-state index in [2.05, 4.69) is 0 Å². The van der Waals surface area contributed by atoms with Crippen molar-refractivity contribution in [3.8, 4) is 0 Å². The number of nitrogens with zero attached hydrogens (tertiary/aromatic N) is 1. The van der Waals surface area contributed by atoms with Crippen molar-refractivity contribution < 1.29 is 18.0 Å². The van der Waals surface area contributed by atoms with Crippen LogP contribution in [0.1, 0.15) is 54.9 Å². The van der Waals surface area contributed by atoms with Gasteiger partial charge in [-0.1, -0.05) is 73.2 Å². The molecule has 0 saturated heterocycles. The molecule has 3 nitrogen and oxygen atoms in total. The highest BCUT2D eigenvalue weighted by molar-refractivity contribution is 5.81. The largest absolute Gasteiger partial charge is 0.416 e. The van der Waals surface area contributed by atoms with Gasteiger partial charge in [0.2, 0.25) is 0 Å². The van der Waals surface area contributed by atoms with Crippen LogP contribution >= 0.6 is 0 Å². The van der Waals surface area contributed by atoms with Gasteiger partial charge in [0.15, 0.2) is 0 Å². The topological polar surface area (TPSA) is 46.3 Å². The Kier molecular flexibility index (Phi) is 9.18. The molecule has 1 unspecified atom stereocenters. The molecule has 40 heavy (non-hydrogen) atoms. The summed E-state index contributed by atoms with van der Waals surface area (Å²) in [4.78, 5) is 14.3. The highest BCUT2D eigenvalue weighted by Crippen LogP contribution is 2.36. The molecule has 1 aliphatic rings. The molecular weight excluding hydrogens is 509 g/mol. The second kappa shape index (κ2) is 12.6. The number of aryl methyl sites for hydroxylation is 2. The molecule has 3 aromatic rings. The van der Waals surface area contributed by atoms with Gasteiger partial charge in [-0.25, -0.2) is 0 Å². The number of alkyl halides is 3. The fourth-order valence-corrected chi connectivity index (χ4v) is 5.26. The van der Waals surface area contributed by atoms with Gasteiger partial charge < -0.3 is 15.4 Å². The van der Waals surface area contributed by atoms with E-state index < -0.39 is 17.2 Å². The van der Waals surface area contributed by atoms with Crippen LogP contribution in [0.2, 0.25) is 0 Å². The smallest absolute Gasteiger partial charge is 0.399 e. The fourth-order valence-electron chi connectivity index (χ4n) is 5.26. The summed E-state index contributed by atoms with van der Waals surface area (Å²) in [6, 6.07) is 23.2. The summed E-state index contributed by atoms with van der Waals surface area (Å²) in [5, 5.41) is 0. The molecule has 1 atom stereocenters. The average Bonchev–Trinajstić information content (AvgIpc) is 2.92. The summed E-state index contributed by atoms with van der Waals surface area (Å²) in [5.41, 5.74) is 10.9. The molecule has 4 rings (SSSR count). The van der Waals surface area contributed by atoms with Crippen molar-refractivity contribution in [3.05, 3.63) is 113 Å². The van der Waals surface area contributed by atoms with Gasteiger partial charge in [0.25, 0.3) is 0 Å². The molecular formula is C34H37F3N2O. The summed E-state index contributed by atoms with van der Waals surface area (Å²) in [6.07, 6.45) is 2.83.